The smallest absolute Gasteiger partial charge is 0.000746 e. The summed E-state index contributed by atoms with van der Waals surface area (Å²) in [5.41, 5.74) is 0.655. The molecule has 2 saturated carbocycles. The predicted octanol–water partition coefficient (Wildman–Crippen LogP) is 5.54. The van der Waals surface area contributed by atoms with Gasteiger partial charge in [-0.2, -0.15) is 0 Å². The minimum absolute atomic E-state index is 0.655. The Morgan fingerprint density at radius 3 is 2.15 bits per heavy atom. The molecule has 2 aliphatic rings. The fourth-order valence-corrected chi connectivity index (χ4v) is 5.01. The van der Waals surface area contributed by atoms with Gasteiger partial charge in [-0.1, -0.05) is 51.9 Å². The highest BCUT2D eigenvalue weighted by molar-refractivity contribution is 4.93. The first-order valence-electron chi connectivity index (χ1n) is 9.45. The van der Waals surface area contributed by atoms with E-state index < -0.39 is 0 Å². The molecule has 0 atom stereocenters. The molecule has 0 aliphatic heterocycles. The fraction of sp³-hybridized carbons (Fsp3) is 1.00. The summed E-state index contributed by atoms with van der Waals surface area (Å²) in [5, 5.41) is 3.55. The zero-order chi connectivity index (χ0) is 14.3. The summed E-state index contributed by atoms with van der Waals surface area (Å²) in [6.07, 6.45) is 19.4. The largest absolute Gasteiger partial charge is 0.319 e. The highest BCUT2D eigenvalue weighted by Crippen LogP contribution is 2.49. The minimum atomic E-state index is 0.655. The molecule has 118 valence electrons. The van der Waals surface area contributed by atoms with Crippen LogP contribution < -0.4 is 5.32 Å². The number of nitrogens with one attached hydrogen (secondary N) is 1. The molecular formula is C19H37N. The van der Waals surface area contributed by atoms with Gasteiger partial charge < -0.3 is 5.32 Å². The first kappa shape index (κ1) is 16.3. The maximum Gasteiger partial charge on any atom is 0.000746 e. The van der Waals surface area contributed by atoms with Crippen LogP contribution in [0.3, 0.4) is 0 Å². The number of unbranched alkanes of at least 4 members (excludes halogenated alkanes) is 1. The molecule has 0 unspecified atom stereocenters. The third-order valence-electron chi connectivity index (χ3n) is 6.32. The van der Waals surface area contributed by atoms with Crippen LogP contribution in [-0.4, -0.2) is 13.6 Å². The molecule has 20 heavy (non-hydrogen) atoms. The molecule has 0 saturated heterocycles. The summed E-state index contributed by atoms with van der Waals surface area (Å²) >= 11 is 0. The molecule has 1 N–H and O–H groups in total. The van der Waals surface area contributed by atoms with E-state index in [1.807, 2.05) is 0 Å². The monoisotopic (exact) mass is 279 g/mol. The number of hydrogen-bond acceptors (Lipinski definition) is 1. The maximum atomic E-state index is 3.55. The van der Waals surface area contributed by atoms with Crippen molar-refractivity contribution >= 4 is 0 Å². The van der Waals surface area contributed by atoms with Gasteiger partial charge >= 0.3 is 0 Å². The number of rotatable bonds is 6. The van der Waals surface area contributed by atoms with E-state index >= 15 is 0 Å². The lowest BCUT2D eigenvalue weighted by atomic mass is 9.61. The highest BCUT2D eigenvalue weighted by Gasteiger charge is 2.40. The van der Waals surface area contributed by atoms with E-state index in [0.29, 0.717) is 5.41 Å². The van der Waals surface area contributed by atoms with Gasteiger partial charge in [-0.05, 0) is 62.8 Å². The topological polar surface area (TPSA) is 12.0 Å². The van der Waals surface area contributed by atoms with E-state index in [4.69, 9.17) is 0 Å². The quantitative estimate of drug-likeness (QED) is 0.629. The Labute approximate surface area is 127 Å². The first-order valence-corrected chi connectivity index (χ1v) is 9.45. The Morgan fingerprint density at radius 2 is 1.60 bits per heavy atom. The molecule has 0 heterocycles. The summed E-state index contributed by atoms with van der Waals surface area (Å²) in [6.45, 7) is 3.61. The SMILES string of the molecule is CCCCC1CCC(CNC)(C2CCCCCC2)CC1. The van der Waals surface area contributed by atoms with Gasteiger partial charge in [0.15, 0.2) is 0 Å². The Balaban J connectivity index is 1.93. The molecule has 0 aromatic carbocycles. The van der Waals surface area contributed by atoms with E-state index in [9.17, 15) is 0 Å². The molecule has 0 spiro atoms. The zero-order valence-corrected chi connectivity index (χ0v) is 14.1. The molecule has 1 heteroatoms. The van der Waals surface area contributed by atoms with Crippen molar-refractivity contribution in [2.24, 2.45) is 17.3 Å². The van der Waals surface area contributed by atoms with Crippen molar-refractivity contribution in [3.63, 3.8) is 0 Å². The van der Waals surface area contributed by atoms with Crippen LogP contribution in [0.25, 0.3) is 0 Å². The van der Waals surface area contributed by atoms with Gasteiger partial charge in [-0.25, -0.2) is 0 Å². The van der Waals surface area contributed by atoms with Crippen LogP contribution in [0.5, 0.6) is 0 Å². The highest BCUT2D eigenvalue weighted by atomic mass is 14.8. The van der Waals surface area contributed by atoms with E-state index in [0.717, 1.165) is 11.8 Å². The molecule has 2 rings (SSSR count). The molecule has 0 radical (unpaired) electrons. The number of hydrogen-bond donors (Lipinski definition) is 1. The second-order valence-electron chi connectivity index (χ2n) is 7.67. The Bertz CT molecular complexity index is 244. The van der Waals surface area contributed by atoms with Crippen molar-refractivity contribution in [1.82, 2.24) is 5.32 Å². The maximum absolute atomic E-state index is 3.55. The van der Waals surface area contributed by atoms with Crippen molar-refractivity contribution in [3.05, 3.63) is 0 Å². The molecule has 0 bridgehead atoms. The third-order valence-corrected chi connectivity index (χ3v) is 6.32. The van der Waals surface area contributed by atoms with E-state index in [-0.39, 0.29) is 0 Å². The Morgan fingerprint density at radius 1 is 0.950 bits per heavy atom. The molecule has 2 fully saturated rings. The molecule has 0 aromatic rings. The molecule has 1 nitrogen and oxygen atoms in total. The van der Waals surface area contributed by atoms with E-state index in [1.165, 1.54) is 90.0 Å². The average molecular weight is 280 g/mol. The van der Waals surface area contributed by atoms with Gasteiger partial charge in [-0.3, -0.25) is 0 Å². The standard InChI is InChI=1S/C19H37N/c1-3-4-9-17-12-14-19(15-13-17,16-20-2)18-10-7-5-6-8-11-18/h17-18,20H,3-16H2,1-2H3. The molecule has 0 amide bonds. The summed E-state index contributed by atoms with van der Waals surface area (Å²) in [7, 11) is 2.17. The van der Waals surface area contributed by atoms with Crippen molar-refractivity contribution in [1.29, 1.82) is 0 Å². The van der Waals surface area contributed by atoms with Crippen LogP contribution in [0.2, 0.25) is 0 Å². The fourth-order valence-electron chi connectivity index (χ4n) is 5.01. The van der Waals surface area contributed by atoms with Crippen molar-refractivity contribution in [2.75, 3.05) is 13.6 Å². The zero-order valence-electron chi connectivity index (χ0n) is 14.1. The van der Waals surface area contributed by atoms with Crippen LogP contribution in [0.1, 0.15) is 90.4 Å². The van der Waals surface area contributed by atoms with Gasteiger partial charge in [0, 0.05) is 6.54 Å². The Hall–Kier alpha value is -0.0400. The average Bonchev–Trinajstić information content (AvgIpc) is 2.76. The van der Waals surface area contributed by atoms with Gasteiger partial charge in [0.25, 0.3) is 0 Å². The third kappa shape index (κ3) is 4.23. The van der Waals surface area contributed by atoms with Crippen LogP contribution in [0.15, 0.2) is 0 Å². The lowest BCUT2D eigenvalue weighted by molar-refractivity contribution is 0.0607. The van der Waals surface area contributed by atoms with Gasteiger partial charge in [0.1, 0.15) is 0 Å². The van der Waals surface area contributed by atoms with Crippen LogP contribution in [-0.2, 0) is 0 Å². The molecular weight excluding hydrogens is 242 g/mol. The van der Waals surface area contributed by atoms with Gasteiger partial charge in [0.05, 0.1) is 0 Å². The van der Waals surface area contributed by atoms with Crippen molar-refractivity contribution in [2.45, 2.75) is 90.4 Å². The van der Waals surface area contributed by atoms with Gasteiger partial charge in [0.2, 0.25) is 0 Å². The van der Waals surface area contributed by atoms with Crippen LogP contribution in [0.4, 0.5) is 0 Å². The molecule has 2 aliphatic carbocycles. The summed E-state index contributed by atoms with van der Waals surface area (Å²) in [6, 6.07) is 0. The first-order chi connectivity index (χ1) is 9.80. The van der Waals surface area contributed by atoms with Crippen LogP contribution in [0, 0.1) is 17.3 Å². The van der Waals surface area contributed by atoms with Gasteiger partial charge in [-0.15, -0.1) is 0 Å². The lowest BCUT2D eigenvalue weighted by Gasteiger charge is -2.46. The normalized spacial score (nSPS) is 33.0. The lowest BCUT2D eigenvalue weighted by Crippen LogP contribution is -2.42. The van der Waals surface area contributed by atoms with Crippen molar-refractivity contribution < 1.29 is 0 Å². The second kappa shape index (κ2) is 8.41. The van der Waals surface area contributed by atoms with E-state index in [2.05, 4.69) is 19.3 Å². The summed E-state index contributed by atoms with van der Waals surface area (Å²) < 4.78 is 0. The molecule has 0 aromatic heterocycles. The van der Waals surface area contributed by atoms with E-state index in [1.54, 1.807) is 0 Å². The minimum Gasteiger partial charge on any atom is -0.319 e. The second-order valence-corrected chi connectivity index (χ2v) is 7.67. The predicted molar refractivity (Wildman–Crippen MR) is 89.0 cm³/mol. The van der Waals surface area contributed by atoms with Crippen LogP contribution >= 0.6 is 0 Å². The summed E-state index contributed by atoms with van der Waals surface area (Å²) in [4.78, 5) is 0. The Kier molecular flexibility index (Phi) is 6.87. The summed E-state index contributed by atoms with van der Waals surface area (Å²) in [5.74, 6) is 2.07. The van der Waals surface area contributed by atoms with Crippen molar-refractivity contribution in [3.8, 4) is 0 Å².